The van der Waals surface area contributed by atoms with Crippen LogP contribution in [0, 0.1) is 11.8 Å². The highest BCUT2D eigenvalue weighted by atomic mass is 19.4. The van der Waals surface area contributed by atoms with Crippen molar-refractivity contribution in [3.8, 4) is 0 Å². The lowest BCUT2D eigenvalue weighted by Gasteiger charge is -2.49. The van der Waals surface area contributed by atoms with E-state index in [9.17, 15) is 22.8 Å². The van der Waals surface area contributed by atoms with Crippen LogP contribution in [0.15, 0.2) is 12.2 Å². The molecule has 1 aliphatic rings. The first kappa shape index (κ1) is 15.5. The summed E-state index contributed by atoms with van der Waals surface area (Å²) in [7, 11) is 0. The molecule has 0 heterocycles. The summed E-state index contributed by atoms with van der Waals surface area (Å²) in [5, 5.41) is 8.35. The maximum atomic E-state index is 12.5. The molecule has 0 bridgehead atoms. The van der Waals surface area contributed by atoms with E-state index in [1.165, 1.54) is 0 Å². The first-order valence-electron chi connectivity index (χ1n) is 5.77. The van der Waals surface area contributed by atoms with E-state index in [-0.39, 0.29) is 18.8 Å². The summed E-state index contributed by atoms with van der Waals surface area (Å²) in [5.41, 5.74) is -1.15. The van der Waals surface area contributed by atoms with Gasteiger partial charge in [0.1, 0.15) is 5.60 Å². The van der Waals surface area contributed by atoms with Crippen LogP contribution in [0.3, 0.4) is 0 Å². The van der Waals surface area contributed by atoms with E-state index in [1.807, 2.05) is 0 Å². The Morgan fingerprint density at radius 2 is 1.84 bits per heavy atom. The van der Waals surface area contributed by atoms with E-state index >= 15 is 0 Å². The van der Waals surface area contributed by atoms with Gasteiger partial charge in [0.2, 0.25) is 0 Å². The molecule has 0 aromatic carbocycles. The lowest BCUT2D eigenvalue weighted by molar-refractivity contribution is -0.254. The van der Waals surface area contributed by atoms with Gasteiger partial charge in [0.25, 0.3) is 0 Å². The molecule has 7 heteroatoms. The molecule has 4 nitrogen and oxygen atoms in total. The van der Waals surface area contributed by atoms with Gasteiger partial charge in [-0.05, 0) is 18.8 Å². The van der Waals surface area contributed by atoms with Crippen LogP contribution in [0.25, 0.3) is 0 Å². The Bertz CT molecular complexity index is 392. The van der Waals surface area contributed by atoms with Crippen LogP contribution >= 0.6 is 0 Å². The predicted molar refractivity (Wildman–Crippen MR) is 59.2 cm³/mol. The average molecular weight is 280 g/mol. The molecule has 1 rings (SSSR count). The largest absolute Gasteiger partial charge is 0.478 e. The third-order valence-electron chi connectivity index (χ3n) is 3.36. The fourth-order valence-corrected chi connectivity index (χ4v) is 2.05. The van der Waals surface area contributed by atoms with Gasteiger partial charge in [-0.3, -0.25) is 0 Å². The van der Waals surface area contributed by atoms with Crippen molar-refractivity contribution in [1.29, 1.82) is 0 Å². The molecular weight excluding hydrogens is 265 g/mol. The van der Waals surface area contributed by atoms with E-state index in [4.69, 9.17) is 9.84 Å². The van der Waals surface area contributed by atoms with Crippen molar-refractivity contribution in [2.45, 2.75) is 38.5 Å². The van der Waals surface area contributed by atoms with Crippen LogP contribution in [0.2, 0.25) is 0 Å². The van der Waals surface area contributed by atoms with Gasteiger partial charge in [-0.15, -0.1) is 0 Å². The van der Waals surface area contributed by atoms with E-state index in [0.29, 0.717) is 12.2 Å². The molecule has 0 saturated heterocycles. The molecule has 1 aliphatic carbocycles. The number of halogens is 3. The second kappa shape index (κ2) is 5.22. The molecule has 0 aliphatic heterocycles. The summed E-state index contributed by atoms with van der Waals surface area (Å²) in [6, 6.07) is 0. The molecule has 1 fully saturated rings. The molecule has 1 N–H and O–H groups in total. The van der Waals surface area contributed by atoms with Gasteiger partial charge in [-0.1, -0.05) is 13.8 Å². The minimum Gasteiger partial charge on any atom is -0.478 e. The Morgan fingerprint density at radius 3 is 2.21 bits per heavy atom. The van der Waals surface area contributed by atoms with E-state index < -0.39 is 29.6 Å². The third-order valence-corrected chi connectivity index (χ3v) is 3.36. The van der Waals surface area contributed by atoms with E-state index in [1.54, 1.807) is 13.8 Å². The standard InChI is InChI=1S/C12H15F3O4/c1-7(2)11(5-8(6-11)12(13,14)15)19-10(18)4-3-9(16)17/h3-4,7-8H,5-6H2,1-2H3,(H,16,17)/b4-3+. The summed E-state index contributed by atoms with van der Waals surface area (Å²) < 4.78 is 42.4. The van der Waals surface area contributed by atoms with Crippen molar-refractivity contribution < 1.29 is 32.6 Å². The zero-order valence-corrected chi connectivity index (χ0v) is 10.5. The Morgan fingerprint density at radius 1 is 1.32 bits per heavy atom. The smallest absolute Gasteiger partial charge is 0.392 e. The SMILES string of the molecule is CC(C)C1(OC(=O)/C=C/C(=O)O)CC(C(F)(F)F)C1. The van der Waals surface area contributed by atoms with E-state index in [2.05, 4.69) is 0 Å². The van der Waals surface area contributed by atoms with Crippen LogP contribution in [0.1, 0.15) is 26.7 Å². The van der Waals surface area contributed by atoms with Crippen LogP contribution in [0.4, 0.5) is 13.2 Å². The van der Waals surface area contributed by atoms with Crippen LogP contribution < -0.4 is 0 Å². The zero-order valence-electron chi connectivity index (χ0n) is 10.5. The number of aliphatic carboxylic acids is 1. The number of carboxylic acids is 1. The molecule has 19 heavy (non-hydrogen) atoms. The topological polar surface area (TPSA) is 63.6 Å². The second-order valence-corrected chi connectivity index (χ2v) is 4.96. The van der Waals surface area contributed by atoms with Gasteiger partial charge < -0.3 is 9.84 Å². The number of ether oxygens (including phenoxy) is 1. The fourth-order valence-electron chi connectivity index (χ4n) is 2.05. The summed E-state index contributed by atoms with van der Waals surface area (Å²) in [6.45, 7) is 3.33. The Balaban J connectivity index is 2.67. The first-order valence-corrected chi connectivity index (χ1v) is 5.77. The van der Waals surface area contributed by atoms with Gasteiger partial charge in [0.05, 0.1) is 5.92 Å². The second-order valence-electron chi connectivity index (χ2n) is 4.96. The molecule has 0 aromatic rings. The maximum Gasteiger partial charge on any atom is 0.392 e. The molecule has 0 spiro atoms. The minimum absolute atomic E-state index is 0.270. The number of esters is 1. The first-order chi connectivity index (χ1) is 8.57. The number of carbonyl (C=O) groups excluding carboxylic acids is 1. The predicted octanol–water partition coefficient (Wildman–Crippen LogP) is 2.54. The van der Waals surface area contributed by atoms with Crippen LogP contribution in [-0.2, 0) is 14.3 Å². The molecule has 0 atom stereocenters. The zero-order chi connectivity index (χ0) is 14.8. The monoisotopic (exact) mass is 280 g/mol. The van der Waals surface area contributed by atoms with Crippen molar-refractivity contribution in [2.75, 3.05) is 0 Å². The van der Waals surface area contributed by atoms with Crippen molar-refractivity contribution in [1.82, 2.24) is 0 Å². The van der Waals surface area contributed by atoms with Crippen LogP contribution in [-0.4, -0.2) is 28.8 Å². The highest BCUT2D eigenvalue weighted by Crippen LogP contribution is 2.52. The molecule has 0 unspecified atom stereocenters. The summed E-state index contributed by atoms with van der Waals surface area (Å²) in [4.78, 5) is 21.6. The van der Waals surface area contributed by atoms with Crippen LogP contribution in [0.5, 0.6) is 0 Å². The number of hydrogen-bond donors (Lipinski definition) is 1. The number of carboxylic acid groups (broad SMARTS) is 1. The quantitative estimate of drug-likeness (QED) is 0.635. The van der Waals surface area contributed by atoms with Crippen molar-refractivity contribution in [3.05, 3.63) is 12.2 Å². The highest BCUT2D eigenvalue weighted by Gasteiger charge is 2.59. The lowest BCUT2D eigenvalue weighted by Crippen LogP contribution is -2.55. The highest BCUT2D eigenvalue weighted by molar-refractivity contribution is 5.90. The van der Waals surface area contributed by atoms with Gasteiger partial charge in [-0.25, -0.2) is 9.59 Å². The third kappa shape index (κ3) is 3.71. The summed E-state index contributed by atoms with van der Waals surface area (Å²) in [5.74, 6) is -3.99. The normalized spacial score (nSPS) is 27.4. The number of alkyl halides is 3. The van der Waals surface area contributed by atoms with Gasteiger partial charge in [0.15, 0.2) is 0 Å². The van der Waals surface area contributed by atoms with Crippen molar-refractivity contribution >= 4 is 11.9 Å². The van der Waals surface area contributed by atoms with Crippen molar-refractivity contribution in [2.24, 2.45) is 11.8 Å². The molecular formula is C12H15F3O4. The minimum atomic E-state index is -4.29. The van der Waals surface area contributed by atoms with Gasteiger partial charge in [0, 0.05) is 12.2 Å². The Labute approximate surface area is 108 Å². The summed E-state index contributed by atoms with van der Waals surface area (Å²) in [6.07, 6.45) is -3.55. The van der Waals surface area contributed by atoms with Crippen molar-refractivity contribution in [3.63, 3.8) is 0 Å². The maximum absolute atomic E-state index is 12.5. The molecule has 0 radical (unpaired) electrons. The number of carbonyl (C=O) groups is 2. The van der Waals surface area contributed by atoms with E-state index in [0.717, 1.165) is 0 Å². The number of rotatable bonds is 4. The number of hydrogen-bond acceptors (Lipinski definition) is 3. The lowest BCUT2D eigenvalue weighted by atomic mass is 9.65. The Hall–Kier alpha value is -1.53. The summed E-state index contributed by atoms with van der Waals surface area (Å²) >= 11 is 0. The molecule has 0 aromatic heterocycles. The molecule has 0 amide bonds. The molecule has 1 saturated carbocycles. The Kier molecular flexibility index (Phi) is 4.27. The molecule has 108 valence electrons. The van der Waals surface area contributed by atoms with Gasteiger partial charge >= 0.3 is 18.1 Å². The fraction of sp³-hybridized carbons (Fsp3) is 0.667. The average Bonchev–Trinajstić information content (AvgIpc) is 2.17. The van der Waals surface area contributed by atoms with Gasteiger partial charge in [-0.2, -0.15) is 13.2 Å².